The minimum atomic E-state index is -0.189. The Morgan fingerprint density at radius 2 is 1.79 bits per heavy atom. The molecule has 1 aliphatic rings. The van der Waals surface area contributed by atoms with E-state index in [4.69, 9.17) is 28.6 Å². The van der Waals surface area contributed by atoms with Crippen LogP contribution in [-0.4, -0.2) is 22.6 Å². The van der Waals surface area contributed by atoms with Gasteiger partial charge >= 0.3 is 0 Å². The third-order valence-corrected chi connectivity index (χ3v) is 7.29. The Morgan fingerprint density at radius 1 is 1.06 bits per heavy atom. The number of thioether (sulfide) groups is 1. The fourth-order valence-corrected chi connectivity index (χ4v) is 5.45. The van der Waals surface area contributed by atoms with Crippen LogP contribution in [0.2, 0.25) is 5.02 Å². The maximum atomic E-state index is 12.2. The molecule has 0 spiro atoms. The van der Waals surface area contributed by atoms with E-state index in [9.17, 15) is 4.79 Å². The predicted octanol–water partition coefficient (Wildman–Crippen LogP) is 5.85. The molecule has 0 aliphatic carbocycles. The predicted molar refractivity (Wildman–Crippen MR) is 140 cm³/mol. The Hall–Kier alpha value is -2.38. The van der Waals surface area contributed by atoms with E-state index in [-0.39, 0.29) is 23.2 Å². The molecular weight excluding hydrogens is 472 g/mol. The third kappa shape index (κ3) is 5.95. The molecule has 7 heteroatoms. The van der Waals surface area contributed by atoms with Gasteiger partial charge in [0.25, 0.3) is 0 Å². The van der Waals surface area contributed by atoms with Crippen molar-refractivity contribution in [3.63, 3.8) is 0 Å². The summed E-state index contributed by atoms with van der Waals surface area (Å²) in [6.45, 7) is 2.13. The smallest absolute Gasteiger partial charge is 0.239 e. The van der Waals surface area contributed by atoms with Crippen molar-refractivity contribution >= 4 is 45.8 Å². The summed E-state index contributed by atoms with van der Waals surface area (Å²) in [5.74, 6) is 0.796. The fraction of sp³-hybridized carbons (Fsp3) is 0.231. The van der Waals surface area contributed by atoms with Crippen molar-refractivity contribution in [2.24, 2.45) is 0 Å². The molecule has 170 valence electrons. The van der Waals surface area contributed by atoms with Crippen molar-refractivity contribution in [2.45, 2.75) is 30.7 Å². The first-order valence-electron chi connectivity index (χ1n) is 10.7. The van der Waals surface area contributed by atoms with Gasteiger partial charge in [-0.15, -0.1) is 0 Å². The van der Waals surface area contributed by atoms with Crippen LogP contribution in [0.25, 0.3) is 0 Å². The van der Waals surface area contributed by atoms with Gasteiger partial charge in [0, 0.05) is 11.1 Å². The van der Waals surface area contributed by atoms with Crippen LogP contribution in [-0.2, 0) is 11.2 Å². The van der Waals surface area contributed by atoms with Crippen LogP contribution >= 0.6 is 35.6 Å². The summed E-state index contributed by atoms with van der Waals surface area (Å²) >= 11 is 12.8. The number of rotatable bonds is 8. The van der Waals surface area contributed by atoms with Crippen LogP contribution in [0.1, 0.15) is 41.3 Å². The van der Waals surface area contributed by atoms with Crippen LogP contribution < -0.4 is 15.4 Å². The first-order chi connectivity index (χ1) is 15.9. The molecule has 4 nitrogen and oxygen atoms in total. The molecule has 3 unspecified atom stereocenters. The lowest BCUT2D eigenvalue weighted by Gasteiger charge is -2.25. The quantitative estimate of drug-likeness (QED) is 0.383. The van der Waals surface area contributed by atoms with Gasteiger partial charge in [0.05, 0.1) is 18.4 Å². The van der Waals surface area contributed by atoms with E-state index in [1.54, 1.807) is 7.11 Å². The number of hydrogen-bond donors (Lipinski definition) is 2. The molecule has 3 atom stereocenters. The maximum absolute atomic E-state index is 12.2. The number of methoxy groups -OCH3 is 1. The number of halogens is 1. The molecule has 1 saturated heterocycles. The summed E-state index contributed by atoms with van der Waals surface area (Å²) in [5.41, 5.74) is 4.46. The average Bonchev–Trinajstić information content (AvgIpc) is 3.14. The topological polar surface area (TPSA) is 50.4 Å². The number of hydrogen-bond acceptors (Lipinski definition) is 5. The zero-order chi connectivity index (χ0) is 23.4. The normalized spacial score (nSPS) is 17.5. The molecule has 1 heterocycles. The molecule has 1 aliphatic heterocycles. The maximum Gasteiger partial charge on any atom is 0.239 e. The Balaban J connectivity index is 1.63. The van der Waals surface area contributed by atoms with Crippen LogP contribution in [0.4, 0.5) is 0 Å². The fourth-order valence-electron chi connectivity index (χ4n) is 3.94. The largest absolute Gasteiger partial charge is 0.497 e. The molecule has 0 saturated carbocycles. The molecule has 1 fully saturated rings. The Bertz CT molecular complexity index is 1150. The summed E-state index contributed by atoms with van der Waals surface area (Å²) in [4.78, 5) is 12.2. The van der Waals surface area contributed by atoms with E-state index in [1.807, 2.05) is 36.4 Å². The first-order valence-corrected chi connectivity index (χ1v) is 12.4. The number of thiocarbonyl (C=S) groups is 1. The molecule has 3 aromatic rings. The number of carbonyl (C=O) groups is 1. The van der Waals surface area contributed by atoms with Gasteiger partial charge < -0.3 is 10.1 Å². The lowest BCUT2D eigenvalue weighted by Crippen LogP contribution is -2.26. The van der Waals surface area contributed by atoms with Gasteiger partial charge in [-0.05, 0) is 59.9 Å². The number of nitrogens with one attached hydrogen (secondary N) is 2. The average molecular weight is 497 g/mol. The van der Waals surface area contributed by atoms with E-state index in [0.29, 0.717) is 10.7 Å². The van der Waals surface area contributed by atoms with E-state index in [0.717, 1.165) is 33.0 Å². The highest BCUT2D eigenvalue weighted by molar-refractivity contribution is 8.24. The minimum Gasteiger partial charge on any atom is -0.497 e. The molecular formula is C26H25ClN2O2S2. The Labute approximate surface area is 209 Å². The number of ether oxygens (including phenoxy) is 1. The van der Waals surface area contributed by atoms with Gasteiger partial charge in [-0.2, -0.15) is 0 Å². The lowest BCUT2D eigenvalue weighted by atomic mass is 9.94. The number of amides is 1. The van der Waals surface area contributed by atoms with Gasteiger partial charge in [-0.3, -0.25) is 10.1 Å². The second kappa shape index (κ2) is 10.7. The summed E-state index contributed by atoms with van der Waals surface area (Å²) in [6.07, 6.45) is 0.629. The SMILES string of the molecule is COc1ccc(C(NC(C)c2cccc(Cl)c2)c2cccc(CC3SC(=S)NC3=O)c2)cc1. The van der Waals surface area contributed by atoms with Crippen molar-refractivity contribution in [1.29, 1.82) is 0 Å². The second-order valence-electron chi connectivity index (χ2n) is 7.98. The second-order valence-corrected chi connectivity index (χ2v) is 10.3. The Morgan fingerprint density at radius 3 is 2.45 bits per heavy atom. The zero-order valence-electron chi connectivity index (χ0n) is 18.4. The summed E-state index contributed by atoms with van der Waals surface area (Å²) in [7, 11) is 1.66. The highest BCUT2D eigenvalue weighted by Gasteiger charge is 2.29. The van der Waals surface area contributed by atoms with Crippen molar-refractivity contribution in [3.05, 3.63) is 100 Å². The molecule has 0 bridgehead atoms. The standard InChI is InChI=1S/C26H25ClN2O2S2/c1-16(19-6-4-8-21(27)15-19)28-24(18-9-11-22(31-2)12-10-18)20-7-3-5-17(13-20)14-23-25(30)29-26(32)33-23/h3-13,15-16,23-24,28H,14H2,1-2H3,(H,29,30,32). The van der Waals surface area contributed by atoms with Crippen LogP contribution in [0.3, 0.4) is 0 Å². The molecule has 4 rings (SSSR count). The molecule has 1 amide bonds. The molecule has 33 heavy (non-hydrogen) atoms. The van der Waals surface area contributed by atoms with Gasteiger partial charge in [0.15, 0.2) is 0 Å². The highest BCUT2D eigenvalue weighted by Crippen LogP contribution is 2.30. The summed E-state index contributed by atoms with van der Waals surface area (Å²) in [6, 6.07) is 24.4. The van der Waals surface area contributed by atoms with Gasteiger partial charge in [0.2, 0.25) is 5.91 Å². The first kappa shape index (κ1) is 23.8. The van der Waals surface area contributed by atoms with Gasteiger partial charge in [0.1, 0.15) is 10.1 Å². The van der Waals surface area contributed by atoms with Crippen molar-refractivity contribution in [3.8, 4) is 5.75 Å². The van der Waals surface area contributed by atoms with Gasteiger partial charge in [-0.1, -0.05) is 84.1 Å². The Kier molecular flexibility index (Phi) is 7.71. The minimum absolute atomic E-state index is 0.0187. The number of carbonyl (C=O) groups excluding carboxylic acids is 1. The third-order valence-electron chi connectivity index (χ3n) is 5.69. The highest BCUT2D eigenvalue weighted by atomic mass is 35.5. The summed E-state index contributed by atoms with van der Waals surface area (Å²) in [5, 5.41) is 7.02. The van der Waals surface area contributed by atoms with E-state index < -0.39 is 0 Å². The monoisotopic (exact) mass is 496 g/mol. The molecule has 2 N–H and O–H groups in total. The van der Waals surface area contributed by atoms with E-state index in [1.165, 1.54) is 11.8 Å². The van der Waals surface area contributed by atoms with Crippen molar-refractivity contribution in [1.82, 2.24) is 10.6 Å². The van der Waals surface area contributed by atoms with E-state index in [2.05, 4.69) is 54.0 Å². The van der Waals surface area contributed by atoms with Crippen molar-refractivity contribution < 1.29 is 9.53 Å². The van der Waals surface area contributed by atoms with Crippen LogP contribution in [0.5, 0.6) is 5.75 Å². The lowest BCUT2D eigenvalue weighted by molar-refractivity contribution is -0.118. The molecule has 0 radical (unpaired) electrons. The number of benzene rings is 3. The van der Waals surface area contributed by atoms with Gasteiger partial charge in [-0.25, -0.2) is 0 Å². The van der Waals surface area contributed by atoms with E-state index >= 15 is 0 Å². The summed E-state index contributed by atoms with van der Waals surface area (Å²) < 4.78 is 5.89. The van der Waals surface area contributed by atoms with Crippen LogP contribution in [0.15, 0.2) is 72.8 Å². The molecule has 0 aromatic heterocycles. The van der Waals surface area contributed by atoms with Crippen LogP contribution in [0, 0.1) is 0 Å². The van der Waals surface area contributed by atoms with Crippen molar-refractivity contribution in [2.75, 3.05) is 7.11 Å². The zero-order valence-corrected chi connectivity index (χ0v) is 20.8. The molecule has 3 aromatic carbocycles.